The highest BCUT2D eigenvalue weighted by atomic mass is 32.2. The zero-order chi connectivity index (χ0) is 13.2. The lowest BCUT2D eigenvalue weighted by atomic mass is 10.1. The molecule has 0 amide bonds. The van der Waals surface area contributed by atoms with Gasteiger partial charge in [-0.25, -0.2) is 0 Å². The number of rotatable bonds is 3. The molecule has 1 N–H and O–H groups in total. The highest BCUT2D eigenvalue weighted by molar-refractivity contribution is 7.99. The molecule has 1 aliphatic carbocycles. The number of anilines is 1. The normalized spacial score (nSPS) is 22.8. The highest BCUT2D eigenvalue weighted by Crippen LogP contribution is 2.31. The van der Waals surface area contributed by atoms with E-state index in [1.807, 2.05) is 18.7 Å². The molecule has 1 fully saturated rings. The first-order valence-electron chi connectivity index (χ1n) is 6.79. The van der Waals surface area contributed by atoms with E-state index in [1.165, 1.54) is 30.0 Å². The third-order valence-corrected chi connectivity index (χ3v) is 5.03. The molecule has 1 aromatic heterocycles. The van der Waals surface area contributed by atoms with E-state index in [4.69, 9.17) is 0 Å². The molecular weight excluding hydrogens is 254 g/mol. The maximum absolute atomic E-state index is 4.35. The Hall–Kier alpha value is -1.29. The number of aromatic nitrogens is 2. The van der Waals surface area contributed by atoms with Crippen molar-refractivity contribution >= 4 is 28.4 Å². The molecule has 1 heterocycles. The van der Waals surface area contributed by atoms with E-state index in [-0.39, 0.29) is 0 Å². The van der Waals surface area contributed by atoms with Gasteiger partial charge in [-0.15, -0.1) is 5.10 Å². The van der Waals surface area contributed by atoms with Crippen molar-refractivity contribution in [3.63, 3.8) is 0 Å². The van der Waals surface area contributed by atoms with Crippen LogP contribution in [0.4, 0.5) is 5.82 Å². The third kappa shape index (κ3) is 2.54. The van der Waals surface area contributed by atoms with Crippen molar-refractivity contribution in [3.05, 3.63) is 30.0 Å². The molecule has 100 valence electrons. The summed E-state index contributed by atoms with van der Waals surface area (Å²) in [6.45, 7) is 2.01. The third-order valence-electron chi connectivity index (χ3n) is 3.93. The van der Waals surface area contributed by atoms with Crippen molar-refractivity contribution in [2.75, 3.05) is 11.6 Å². The Balaban J connectivity index is 1.87. The first-order chi connectivity index (χ1) is 9.28. The summed E-state index contributed by atoms with van der Waals surface area (Å²) >= 11 is 1.98. The number of nitrogens with one attached hydrogen (secondary N) is 1. The SMILES string of the molecule is CSC1CCC(Nc2nnc(C)c3ccccc23)C1. The van der Waals surface area contributed by atoms with Crippen LogP contribution in [0.2, 0.25) is 0 Å². The zero-order valence-electron chi connectivity index (χ0n) is 11.4. The summed E-state index contributed by atoms with van der Waals surface area (Å²) in [7, 11) is 0. The second-order valence-corrected chi connectivity index (χ2v) is 6.33. The van der Waals surface area contributed by atoms with Crippen LogP contribution >= 0.6 is 11.8 Å². The fourth-order valence-electron chi connectivity index (χ4n) is 2.82. The summed E-state index contributed by atoms with van der Waals surface area (Å²) in [5, 5.41) is 15.4. The van der Waals surface area contributed by atoms with Gasteiger partial charge >= 0.3 is 0 Å². The first kappa shape index (κ1) is 12.7. The van der Waals surface area contributed by atoms with E-state index in [2.05, 4.69) is 46.0 Å². The molecule has 1 aromatic carbocycles. The predicted molar refractivity (Wildman–Crippen MR) is 82.8 cm³/mol. The van der Waals surface area contributed by atoms with E-state index >= 15 is 0 Å². The van der Waals surface area contributed by atoms with Gasteiger partial charge in [0.1, 0.15) is 0 Å². The second-order valence-electron chi connectivity index (χ2n) is 5.19. The summed E-state index contributed by atoms with van der Waals surface area (Å²) < 4.78 is 0. The minimum atomic E-state index is 0.540. The lowest BCUT2D eigenvalue weighted by molar-refractivity contribution is 0.749. The van der Waals surface area contributed by atoms with Gasteiger partial charge in [-0.2, -0.15) is 16.9 Å². The van der Waals surface area contributed by atoms with E-state index in [1.54, 1.807) is 0 Å². The lowest BCUT2D eigenvalue weighted by Crippen LogP contribution is -2.17. The van der Waals surface area contributed by atoms with Crippen molar-refractivity contribution in [2.45, 2.75) is 37.5 Å². The van der Waals surface area contributed by atoms with E-state index in [0.29, 0.717) is 6.04 Å². The summed E-state index contributed by atoms with van der Waals surface area (Å²) in [5.74, 6) is 0.938. The standard InChI is InChI=1S/C15H19N3S/c1-10-13-5-3-4-6-14(13)15(18-17-10)16-11-7-8-12(9-11)19-2/h3-6,11-12H,7-9H2,1-2H3,(H,16,18). The number of aryl methyl sites for hydroxylation is 1. The van der Waals surface area contributed by atoms with Gasteiger partial charge < -0.3 is 5.32 Å². The van der Waals surface area contributed by atoms with Gasteiger partial charge in [-0.3, -0.25) is 0 Å². The quantitative estimate of drug-likeness (QED) is 0.926. The van der Waals surface area contributed by atoms with Crippen LogP contribution in [0.25, 0.3) is 10.8 Å². The summed E-state index contributed by atoms with van der Waals surface area (Å²) in [4.78, 5) is 0. The van der Waals surface area contributed by atoms with E-state index < -0.39 is 0 Å². The molecule has 4 heteroatoms. The maximum Gasteiger partial charge on any atom is 0.156 e. The molecule has 1 aliphatic rings. The smallest absolute Gasteiger partial charge is 0.156 e. The Morgan fingerprint density at radius 2 is 1.95 bits per heavy atom. The molecule has 3 rings (SSSR count). The predicted octanol–water partition coefficient (Wildman–Crippen LogP) is 3.63. The van der Waals surface area contributed by atoms with E-state index in [0.717, 1.165) is 16.8 Å². The Labute approximate surface area is 118 Å². The summed E-state index contributed by atoms with van der Waals surface area (Å²) in [6.07, 6.45) is 5.96. The molecule has 2 atom stereocenters. The fraction of sp³-hybridized carbons (Fsp3) is 0.467. The molecule has 0 bridgehead atoms. The molecule has 2 aromatic rings. The zero-order valence-corrected chi connectivity index (χ0v) is 12.2. The van der Waals surface area contributed by atoms with Crippen LogP contribution in [0.15, 0.2) is 24.3 Å². The molecule has 0 spiro atoms. The minimum Gasteiger partial charge on any atom is -0.365 e. The summed E-state index contributed by atoms with van der Waals surface area (Å²) in [5.41, 5.74) is 0.995. The van der Waals surface area contributed by atoms with Crippen LogP contribution in [-0.2, 0) is 0 Å². The fourth-order valence-corrected chi connectivity index (χ4v) is 3.62. The molecule has 1 saturated carbocycles. The van der Waals surface area contributed by atoms with Gasteiger partial charge in [-0.05, 0) is 32.4 Å². The Bertz CT molecular complexity index is 585. The minimum absolute atomic E-state index is 0.540. The lowest BCUT2D eigenvalue weighted by Gasteiger charge is -2.15. The number of nitrogens with zero attached hydrogens (tertiary/aromatic N) is 2. The van der Waals surface area contributed by atoms with Crippen molar-refractivity contribution in [2.24, 2.45) is 0 Å². The number of hydrogen-bond donors (Lipinski definition) is 1. The first-order valence-corrected chi connectivity index (χ1v) is 8.08. The topological polar surface area (TPSA) is 37.8 Å². The van der Waals surface area contributed by atoms with Crippen LogP contribution in [0.1, 0.15) is 25.0 Å². The average molecular weight is 273 g/mol. The number of fused-ring (bicyclic) bond motifs is 1. The molecule has 0 radical (unpaired) electrons. The molecule has 0 saturated heterocycles. The van der Waals surface area contributed by atoms with Gasteiger partial charge in [0.05, 0.1) is 5.69 Å². The van der Waals surface area contributed by atoms with Crippen LogP contribution in [0.5, 0.6) is 0 Å². The van der Waals surface area contributed by atoms with Crippen LogP contribution < -0.4 is 5.32 Å². The molecule has 3 nitrogen and oxygen atoms in total. The van der Waals surface area contributed by atoms with Crippen molar-refractivity contribution in [1.82, 2.24) is 10.2 Å². The Morgan fingerprint density at radius 1 is 1.16 bits per heavy atom. The average Bonchev–Trinajstić information content (AvgIpc) is 2.90. The molecule has 2 unspecified atom stereocenters. The summed E-state index contributed by atoms with van der Waals surface area (Å²) in [6, 6.07) is 8.90. The van der Waals surface area contributed by atoms with Gasteiger partial charge in [0, 0.05) is 22.1 Å². The second kappa shape index (κ2) is 5.37. The monoisotopic (exact) mass is 273 g/mol. The van der Waals surface area contributed by atoms with E-state index in [9.17, 15) is 0 Å². The van der Waals surface area contributed by atoms with Crippen LogP contribution in [0.3, 0.4) is 0 Å². The largest absolute Gasteiger partial charge is 0.365 e. The molecule has 0 aliphatic heterocycles. The number of hydrogen-bond acceptors (Lipinski definition) is 4. The van der Waals surface area contributed by atoms with Crippen molar-refractivity contribution in [1.29, 1.82) is 0 Å². The Kier molecular flexibility index (Phi) is 3.60. The van der Waals surface area contributed by atoms with Crippen molar-refractivity contribution < 1.29 is 0 Å². The van der Waals surface area contributed by atoms with Crippen LogP contribution in [-0.4, -0.2) is 27.7 Å². The van der Waals surface area contributed by atoms with Gasteiger partial charge in [0.15, 0.2) is 5.82 Å². The van der Waals surface area contributed by atoms with Gasteiger partial charge in [0.25, 0.3) is 0 Å². The molecular formula is C15H19N3S. The Morgan fingerprint density at radius 3 is 2.68 bits per heavy atom. The van der Waals surface area contributed by atoms with Gasteiger partial charge in [0.2, 0.25) is 0 Å². The number of thioether (sulfide) groups is 1. The van der Waals surface area contributed by atoms with Crippen LogP contribution in [0, 0.1) is 6.92 Å². The maximum atomic E-state index is 4.35. The van der Waals surface area contributed by atoms with Gasteiger partial charge in [-0.1, -0.05) is 24.3 Å². The molecule has 19 heavy (non-hydrogen) atoms. The number of benzene rings is 1. The highest BCUT2D eigenvalue weighted by Gasteiger charge is 2.24. The van der Waals surface area contributed by atoms with Crippen molar-refractivity contribution in [3.8, 4) is 0 Å².